The molecule has 0 aliphatic carbocycles. The molecule has 0 amide bonds. The van der Waals surface area contributed by atoms with Crippen LogP contribution in [0, 0.1) is 22.7 Å². The predicted molar refractivity (Wildman–Crippen MR) is 78.9 cm³/mol. The maximum Gasteiger partial charge on any atom is 0.131 e. The van der Waals surface area contributed by atoms with Crippen molar-refractivity contribution in [2.45, 2.75) is 0 Å². The van der Waals surface area contributed by atoms with Gasteiger partial charge < -0.3 is 0 Å². The van der Waals surface area contributed by atoms with Gasteiger partial charge in [-0.05, 0) is 29.8 Å². The van der Waals surface area contributed by atoms with Crippen molar-refractivity contribution < 1.29 is 0 Å². The lowest BCUT2D eigenvalue weighted by Gasteiger charge is -1.89. The molecule has 1 heterocycles. The normalized spacial score (nSPS) is 9.79. The monoisotopic (exact) mass is 262 g/mol. The summed E-state index contributed by atoms with van der Waals surface area (Å²) >= 11 is 1.55. The number of nitrogens with zero attached hydrogens (tertiary/aromatic N) is 2. The zero-order chi connectivity index (χ0) is 13.5. The minimum Gasteiger partial charge on any atom is -0.192 e. The highest BCUT2D eigenvalue weighted by molar-refractivity contribution is 7.13. The van der Waals surface area contributed by atoms with E-state index < -0.39 is 0 Å². The van der Waals surface area contributed by atoms with Crippen molar-refractivity contribution in [1.29, 1.82) is 10.5 Å². The van der Waals surface area contributed by atoms with E-state index in [9.17, 15) is 0 Å². The van der Waals surface area contributed by atoms with E-state index in [-0.39, 0.29) is 5.57 Å². The zero-order valence-electron chi connectivity index (χ0n) is 10.1. The van der Waals surface area contributed by atoms with Crippen molar-refractivity contribution in [1.82, 2.24) is 0 Å². The van der Waals surface area contributed by atoms with Gasteiger partial charge in [-0.25, -0.2) is 0 Å². The molecule has 2 aromatic rings. The van der Waals surface area contributed by atoms with Crippen LogP contribution in [0.5, 0.6) is 0 Å². The van der Waals surface area contributed by atoms with Crippen LogP contribution in [0.2, 0.25) is 0 Å². The van der Waals surface area contributed by atoms with Crippen molar-refractivity contribution in [2.75, 3.05) is 0 Å². The quantitative estimate of drug-likeness (QED) is 0.772. The van der Waals surface area contributed by atoms with Crippen molar-refractivity contribution in [3.05, 3.63) is 63.4 Å². The first-order chi connectivity index (χ1) is 9.31. The van der Waals surface area contributed by atoms with E-state index in [0.717, 1.165) is 15.3 Å². The first kappa shape index (κ1) is 12.8. The summed E-state index contributed by atoms with van der Waals surface area (Å²) in [5.41, 5.74) is 1.27. The highest BCUT2D eigenvalue weighted by Crippen LogP contribution is 2.21. The fourth-order valence-corrected chi connectivity index (χ4v) is 2.37. The molecular formula is C16H10N2S. The first-order valence-electron chi connectivity index (χ1n) is 5.66. The summed E-state index contributed by atoms with van der Waals surface area (Å²) in [5, 5.41) is 17.4. The second-order valence-corrected chi connectivity index (χ2v) is 4.91. The Hall–Kier alpha value is -2.62. The van der Waals surface area contributed by atoms with Gasteiger partial charge >= 0.3 is 0 Å². The summed E-state index contributed by atoms with van der Waals surface area (Å²) in [6.45, 7) is 0. The van der Waals surface area contributed by atoms with Gasteiger partial charge in [0, 0.05) is 9.75 Å². The molecule has 1 aromatic heterocycles. The highest BCUT2D eigenvalue weighted by atomic mass is 32.1. The summed E-state index contributed by atoms with van der Waals surface area (Å²) in [5.74, 6) is 0. The van der Waals surface area contributed by atoms with E-state index in [1.54, 1.807) is 17.4 Å². The molecule has 2 rings (SSSR count). The van der Waals surface area contributed by atoms with E-state index in [2.05, 4.69) is 0 Å². The summed E-state index contributed by atoms with van der Waals surface area (Å²) in [6.07, 6.45) is 5.66. The van der Waals surface area contributed by atoms with E-state index in [4.69, 9.17) is 10.5 Å². The summed E-state index contributed by atoms with van der Waals surface area (Å²) in [4.78, 5) is 2.00. The third kappa shape index (κ3) is 3.67. The highest BCUT2D eigenvalue weighted by Gasteiger charge is 1.97. The van der Waals surface area contributed by atoms with Gasteiger partial charge in [0.2, 0.25) is 0 Å². The molecule has 1 aromatic carbocycles. The minimum absolute atomic E-state index is 0.125. The van der Waals surface area contributed by atoms with Crippen LogP contribution in [0.25, 0.3) is 18.2 Å². The van der Waals surface area contributed by atoms with Gasteiger partial charge in [-0.2, -0.15) is 10.5 Å². The van der Waals surface area contributed by atoms with Gasteiger partial charge in [0.15, 0.2) is 0 Å². The third-order valence-electron chi connectivity index (χ3n) is 2.41. The standard InChI is InChI=1S/C16H10N2S/c17-11-14(12-18)10-16-9-8-15(19-16)7-6-13-4-2-1-3-5-13/h1-10H. The number of nitriles is 2. The second-order valence-electron chi connectivity index (χ2n) is 3.77. The lowest BCUT2D eigenvalue weighted by molar-refractivity contribution is 1.47. The Balaban J connectivity index is 2.15. The van der Waals surface area contributed by atoms with Crippen LogP contribution in [0.15, 0.2) is 48.0 Å². The molecule has 19 heavy (non-hydrogen) atoms. The molecule has 0 saturated carbocycles. The molecule has 3 heteroatoms. The van der Waals surface area contributed by atoms with Crippen LogP contribution in [0.4, 0.5) is 0 Å². The molecule has 2 nitrogen and oxygen atoms in total. The average molecular weight is 262 g/mol. The number of allylic oxidation sites excluding steroid dienone is 1. The van der Waals surface area contributed by atoms with Gasteiger partial charge in [-0.15, -0.1) is 11.3 Å². The molecule has 0 aliphatic rings. The van der Waals surface area contributed by atoms with Crippen molar-refractivity contribution >= 4 is 29.6 Å². The summed E-state index contributed by atoms with van der Waals surface area (Å²) < 4.78 is 0. The van der Waals surface area contributed by atoms with Crippen LogP contribution in [-0.2, 0) is 0 Å². The molecule has 0 radical (unpaired) electrons. The number of hydrogen-bond donors (Lipinski definition) is 0. The number of thiophene rings is 1. The fourth-order valence-electron chi connectivity index (χ4n) is 1.51. The first-order valence-corrected chi connectivity index (χ1v) is 6.48. The molecule has 0 unspecified atom stereocenters. The maximum absolute atomic E-state index is 8.70. The molecule has 0 spiro atoms. The Morgan fingerprint density at radius 2 is 1.58 bits per heavy atom. The van der Waals surface area contributed by atoms with Crippen molar-refractivity contribution in [3.8, 4) is 12.1 Å². The van der Waals surface area contributed by atoms with Crippen LogP contribution >= 0.6 is 11.3 Å². The van der Waals surface area contributed by atoms with Gasteiger partial charge in [-0.1, -0.05) is 36.4 Å². The van der Waals surface area contributed by atoms with Crippen molar-refractivity contribution in [2.24, 2.45) is 0 Å². The van der Waals surface area contributed by atoms with Gasteiger partial charge in [0.05, 0.1) is 0 Å². The minimum atomic E-state index is 0.125. The van der Waals surface area contributed by atoms with Crippen molar-refractivity contribution in [3.63, 3.8) is 0 Å². The Morgan fingerprint density at radius 3 is 2.26 bits per heavy atom. The van der Waals surface area contributed by atoms with Gasteiger partial charge in [0.1, 0.15) is 17.7 Å². The summed E-state index contributed by atoms with van der Waals surface area (Å²) in [7, 11) is 0. The molecule has 90 valence electrons. The van der Waals surface area contributed by atoms with Crippen LogP contribution < -0.4 is 0 Å². The molecule has 0 fully saturated rings. The fraction of sp³-hybridized carbons (Fsp3) is 0. The summed E-state index contributed by atoms with van der Waals surface area (Å²) in [6, 6.07) is 17.6. The Morgan fingerprint density at radius 1 is 0.895 bits per heavy atom. The predicted octanol–water partition coefficient (Wildman–Crippen LogP) is 4.35. The number of hydrogen-bond acceptors (Lipinski definition) is 3. The number of benzene rings is 1. The Bertz CT molecular complexity index is 678. The maximum atomic E-state index is 8.70. The zero-order valence-corrected chi connectivity index (χ0v) is 10.9. The van der Waals surface area contributed by atoms with Crippen LogP contribution in [-0.4, -0.2) is 0 Å². The average Bonchev–Trinajstić information content (AvgIpc) is 2.91. The van der Waals surface area contributed by atoms with Crippen LogP contribution in [0.3, 0.4) is 0 Å². The SMILES string of the molecule is N#CC(C#N)=Cc1ccc(C=Cc2ccccc2)s1. The molecule has 0 aliphatic heterocycles. The van der Waals surface area contributed by atoms with E-state index in [1.807, 2.05) is 66.8 Å². The van der Waals surface area contributed by atoms with Gasteiger partial charge in [0.25, 0.3) is 0 Å². The van der Waals surface area contributed by atoms with E-state index >= 15 is 0 Å². The largest absolute Gasteiger partial charge is 0.192 e. The van der Waals surface area contributed by atoms with E-state index in [1.165, 1.54) is 0 Å². The Kier molecular flexibility index (Phi) is 4.29. The molecule has 0 bridgehead atoms. The smallest absolute Gasteiger partial charge is 0.131 e. The number of rotatable bonds is 3. The Labute approximate surface area is 116 Å². The molecule has 0 atom stereocenters. The van der Waals surface area contributed by atoms with E-state index in [0.29, 0.717) is 0 Å². The lowest BCUT2D eigenvalue weighted by Crippen LogP contribution is -1.69. The molecular weight excluding hydrogens is 252 g/mol. The van der Waals surface area contributed by atoms with Crippen LogP contribution in [0.1, 0.15) is 15.3 Å². The third-order valence-corrected chi connectivity index (χ3v) is 3.41. The molecule has 0 N–H and O–H groups in total. The topological polar surface area (TPSA) is 47.6 Å². The molecule has 0 saturated heterocycles. The van der Waals surface area contributed by atoms with Gasteiger partial charge in [-0.3, -0.25) is 0 Å². The second kappa shape index (κ2) is 6.35. The lowest BCUT2D eigenvalue weighted by atomic mass is 10.2.